The first kappa shape index (κ1) is 18.8. The average Bonchev–Trinajstić information content (AvgIpc) is 2.70. The molecule has 0 aliphatic heterocycles. The normalized spacial score (nSPS) is 10.7. The molecule has 1 N–H and O–H groups in total. The van der Waals surface area contributed by atoms with E-state index in [0.29, 0.717) is 24.0 Å². The van der Waals surface area contributed by atoms with Crippen LogP contribution in [0.1, 0.15) is 28.8 Å². The molecule has 1 aromatic heterocycles. The summed E-state index contributed by atoms with van der Waals surface area (Å²) in [6.07, 6.45) is 2.60. The van der Waals surface area contributed by atoms with Gasteiger partial charge in [-0.2, -0.15) is 0 Å². The van der Waals surface area contributed by atoms with Crippen molar-refractivity contribution in [2.45, 2.75) is 19.4 Å². The number of rotatable bonds is 8. The highest BCUT2D eigenvalue weighted by atomic mass is 19.1. The van der Waals surface area contributed by atoms with Gasteiger partial charge in [0.15, 0.2) is 11.6 Å². The zero-order chi connectivity index (χ0) is 19.1. The number of nitrogens with zero attached hydrogens (tertiary/aromatic N) is 1. The van der Waals surface area contributed by atoms with Crippen molar-refractivity contribution in [3.8, 4) is 5.75 Å². The Morgan fingerprint density at radius 1 is 1.11 bits per heavy atom. The van der Waals surface area contributed by atoms with E-state index in [1.807, 2.05) is 6.07 Å². The number of ether oxygens (including phenoxy) is 1. The average molecular weight is 370 g/mol. The number of carbonyl (C=O) groups is 1. The van der Waals surface area contributed by atoms with Gasteiger partial charge in [0.2, 0.25) is 0 Å². The van der Waals surface area contributed by atoms with Crippen molar-refractivity contribution >= 4 is 16.8 Å². The number of unbranched alkanes of at least 4 members (excludes halogenated alkanes) is 1. The van der Waals surface area contributed by atoms with Gasteiger partial charge in [0, 0.05) is 29.3 Å². The van der Waals surface area contributed by atoms with Crippen molar-refractivity contribution in [1.29, 1.82) is 0 Å². The number of fused-ring (bicyclic) bond motifs is 1. The van der Waals surface area contributed by atoms with E-state index in [2.05, 4.69) is 10.3 Å². The van der Waals surface area contributed by atoms with Gasteiger partial charge in [-0.1, -0.05) is 18.2 Å². The third-order valence-corrected chi connectivity index (χ3v) is 4.13. The van der Waals surface area contributed by atoms with Gasteiger partial charge >= 0.3 is 0 Å². The zero-order valence-corrected chi connectivity index (χ0v) is 14.8. The number of amides is 1. The highest BCUT2D eigenvalue weighted by Crippen LogP contribution is 2.21. The van der Waals surface area contributed by atoms with Gasteiger partial charge in [0.25, 0.3) is 5.91 Å². The lowest BCUT2D eigenvalue weighted by molar-refractivity contribution is 0.0950. The summed E-state index contributed by atoms with van der Waals surface area (Å²) >= 11 is 0. The predicted octanol–water partition coefficient (Wildman–Crippen LogP) is 4.43. The Kier molecular flexibility index (Phi) is 6.30. The van der Waals surface area contributed by atoms with Gasteiger partial charge in [-0.05, 0) is 43.2 Å². The second-order valence-corrected chi connectivity index (χ2v) is 6.07. The molecule has 0 bridgehead atoms. The van der Waals surface area contributed by atoms with Crippen LogP contribution in [0.3, 0.4) is 0 Å². The molecular formula is C21H20F2N2O2. The number of alkyl halides is 1. The lowest BCUT2D eigenvalue weighted by Crippen LogP contribution is -2.23. The maximum atomic E-state index is 14.5. The summed E-state index contributed by atoms with van der Waals surface area (Å²) in [5, 5.41) is 3.58. The van der Waals surface area contributed by atoms with Crippen molar-refractivity contribution in [3.63, 3.8) is 0 Å². The van der Waals surface area contributed by atoms with Crippen LogP contribution in [-0.2, 0) is 6.54 Å². The second kappa shape index (κ2) is 9.07. The van der Waals surface area contributed by atoms with Crippen LogP contribution in [0.25, 0.3) is 10.9 Å². The standard InChI is InChI=1S/C21H20F2N2O2/c22-10-1-2-12-27-19-7-3-5-17(20(19)23)14-25-21(26)16-8-9-18-15(13-16)6-4-11-24-18/h3-9,11,13H,1-2,10,12,14H2,(H,25,26). The first-order valence-electron chi connectivity index (χ1n) is 8.78. The van der Waals surface area contributed by atoms with Crippen molar-refractivity contribution < 1.29 is 18.3 Å². The van der Waals surface area contributed by atoms with Gasteiger partial charge in [0.1, 0.15) is 0 Å². The van der Waals surface area contributed by atoms with Gasteiger partial charge in [-0.15, -0.1) is 0 Å². The fourth-order valence-corrected chi connectivity index (χ4v) is 2.68. The first-order valence-corrected chi connectivity index (χ1v) is 8.78. The molecule has 0 aliphatic rings. The summed E-state index contributed by atoms with van der Waals surface area (Å²) in [5.41, 5.74) is 1.61. The van der Waals surface area contributed by atoms with Crippen molar-refractivity contribution in [2.75, 3.05) is 13.3 Å². The molecule has 0 radical (unpaired) electrons. The molecule has 0 saturated carbocycles. The van der Waals surface area contributed by atoms with E-state index in [1.165, 1.54) is 6.07 Å². The molecule has 1 heterocycles. The smallest absolute Gasteiger partial charge is 0.251 e. The van der Waals surface area contributed by atoms with E-state index < -0.39 is 12.5 Å². The highest BCUT2D eigenvalue weighted by molar-refractivity contribution is 5.97. The molecule has 2 aromatic carbocycles. The van der Waals surface area contributed by atoms with Gasteiger partial charge in [0.05, 0.1) is 18.8 Å². The van der Waals surface area contributed by atoms with E-state index in [0.717, 1.165) is 10.9 Å². The van der Waals surface area contributed by atoms with Crippen LogP contribution >= 0.6 is 0 Å². The Hall–Kier alpha value is -3.02. The molecule has 1 amide bonds. The number of hydrogen-bond donors (Lipinski definition) is 1. The van der Waals surface area contributed by atoms with E-state index in [4.69, 9.17) is 4.74 Å². The lowest BCUT2D eigenvalue weighted by Gasteiger charge is -2.11. The molecule has 0 atom stereocenters. The Balaban J connectivity index is 1.64. The van der Waals surface area contributed by atoms with E-state index >= 15 is 0 Å². The summed E-state index contributed by atoms with van der Waals surface area (Å²) in [4.78, 5) is 16.6. The number of halogens is 2. The van der Waals surface area contributed by atoms with Crippen LogP contribution in [0.4, 0.5) is 8.78 Å². The SMILES string of the molecule is O=C(NCc1cccc(OCCCCF)c1F)c1ccc2ncccc2c1. The van der Waals surface area contributed by atoms with Gasteiger partial charge < -0.3 is 10.1 Å². The topological polar surface area (TPSA) is 51.2 Å². The van der Waals surface area contributed by atoms with Crippen molar-refractivity contribution in [1.82, 2.24) is 10.3 Å². The number of carbonyl (C=O) groups excluding carboxylic acids is 1. The molecule has 0 saturated heterocycles. The molecule has 3 aromatic rings. The number of benzene rings is 2. The Morgan fingerprint density at radius 3 is 2.85 bits per heavy atom. The van der Waals surface area contributed by atoms with Crippen LogP contribution in [0, 0.1) is 5.82 Å². The molecule has 0 fully saturated rings. The molecule has 4 nitrogen and oxygen atoms in total. The molecule has 140 valence electrons. The Labute approximate surface area is 156 Å². The second-order valence-electron chi connectivity index (χ2n) is 6.07. The summed E-state index contributed by atoms with van der Waals surface area (Å²) in [6.45, 7) is -0.123. The lowest BCUT2D eigenvalue weighted by atomic mass is 10.1. The van der Waals surface area contributed by atoms with Crippen LogP contribution < -0.4 is 10.1 Å². The Bertz CT molecular complexity index is 931. The maximum absolute atomic E-state index is 14.5. The summed E-state index contributed by atoms with van der Waals surface area (Å²) < 4.78 is 31.9. The number of aromatic nitrogens is 1. The minimum absolute atomic E-state index is 0.0391. The molecule has 0 unspecified atom stereocenters. The van der Waals surface area contributed by atoms with E-state index in [1.54, 1.807) is 42.6 Å². The molecule has 3 rings (SSSR count). The van der Waals surface area contributed by atoms with Crippen molar-refractivity contribution in [2.24, 2.45) is 0 Å². The van der Waals surface area contributed by atoms with Crippen LogP contribution in [0.15, 0.2) is 54.7 Å². The molecule has 0 aliphatic carbocycles. The van der Waals surface area contributed by atoms with Gasteiger partial charge in [-0.3, -0.25) is 14.2 Å². The fourth-order valence-electron chi connectivity index (χ4n) is 2.68. The van der Waals surface area contributed by atoms with Crippen molar-refractivity contribution in [3.05, 3.63) is 71.7 Å². The summed E-state index contributed by atoms with van der Waals surface area (Å²) in [5.74, 6) is -0.701. The Morgan fingerprint density at radius 2 is 2.00 bits per heavy atom. The quantitative estimate of drug-likeness (QED) is 0.597. The maximum Gasteiger partial charge on any atom is 0.251 e. The van der Waals surface area contributed by atoms with Crippen LogP contribution in [-0.4, -0.2) is 24.2 Å². The number of nitrogens with one attached hydrogen (secondary N) is 1. The molecule has 27 heavy (non-hydrogen) atoms. The summed E-state index contributed by atoms with van der Waals surface area (Å²) in [7, 11) is 0. The fraction of sp³-hybridized carbons (Fsp3) is 0.238. The third kappa shape index (κ3) is 4.78. The minimum atomic E-state index is -0.513. The van der Waals surface area contributed by atoms with Crippen LogP contribution in [0.2, 0.25) is 0 Å². The van der Waals surface area contributed by atoms with E-state index in [9.17, 15) is 13.6 Å². The first-order chi connectivity index (χ1) is 13.2. The zero-order valence-electron chi connectivity index (χ0n) is 14.8. The van der Waals surface area contributed by atoms with Gasteiger partial charge in [-0.25, -0.2) is 4.39 Å². The highest BCUT2D eigenvalue weighted by Gasteiger charge is 2.12. The summed E-state index contributed by atoms with van der Waals surface area (Å²) in [6, 6.07) is 13.7. The van der Waals surface area contributed by atoms with Crippen LogP contribution in [0.5, 0.6) is 5.75 Å². The third-order valence-electron chi connectivity index (χ3n) is 4.13. The minimum Gasteiger partial charge on any atom is -0.491 e. The monoisotopic (exact) mass is 370 g/mol. The molecule has 0 spiro atoms. The number of hydrogen-bond acceptors (Lipinski definition) is 3. The predicted molar refractivity (Wildman–Crippen MR) is 100 cm³/mol. The largest absolute Gasteiger partial charge is 0.491 e. The molecule has 6 heteroatoms. The number of pyridine rings is 1. The molecular weight excluding hydrogens is 350 g/mol. The van der Waals surface area contributed by atoms with E-state index in [-0.39, 0.29) is 24.8 Å².